The van der Waals surface area contributed by atoms with Crippen molar-refractivity contribution in [3.05, 3.63) is 24.3 Å². The fraction of sp³-hybridized carbons (Fsp3) is 0.125. The van der Waals surface area contributed by atoms with Crippen molar-refractivity contribution in [1.82, 2.24) is 20.2 Å². The maximum atomic E-state index is 4.20. The highest BCUT2D eigenvalue weighted by atomic mass is 15.1. The molecule has 0 aromatic carbocycles. The van der Waals surface area contributed by atoms with E-state index in [9.17, 15) is 0 Å². The van der Waals surface area contributed by atoms with E-state index in [1.165, 1.54) is 0 Å². The van der Waals surface area contributed by atoms with Crippen molar-refractivity contribution < 1.29 is 0 Å². The van der Waals surface area contributed by atoms with Gasteiger partial charge in [-0.1, -0.05) is 0 Å². The fourth-order valence-electron chi connectivity index (χ4n) is 1.49. The lowest BCUT2D eigenvalue weighted by molar-refractivity contribution is 0.984. The highest BCUT2D eigenvalue weighted by molar-refractivity contribution is 5.75. The van der Waals surface area contributed by atoms with Crippen LogP contribution in [0.3, 0.4) is 0 Å². The SMILES string of the molecule is c1cc2c(nn1)-c1nc[nH]c1CN2. The third-order valence-electron chi connectivity index (χ3n) is 2.12. The van der Waals surface area contributed by atoms with E-state index < -0.39 is 0 Å². The number of fused-ring (bicyclic) bond motifs is 3. The van der Waals surface area contributed by atoms with E-state index in [2.05, 4.69) is 25.5 Å². The summed E-state index contributed by atoms with van der Waals surface area (Å²) in [5.74, 6) is 0. The molecule has 1 aliphatic rings. The van der Waals surface area contributed by atoms with Gasteiger partial charge in [0.1, 0.15) is 11.4 Å². The Morgan fingerprint density at radius 3 is 3.31 bits per heavy atom. The minimum atomic E-state index is 0.772. The molecule has 0 unspecified atom stereocenters. The molecule has 5 nitrogen and oxygen atoms in total. The van der Waals surface area contributed by atoms with Crippen molar-refractivity contribution in [2.24, 2.45) is 0 Å². The summed E-state index contributed by atoms with van der Waals surface area (Å²) >= 11 is 0. The summed E-state index contributed by atoms with van der Waals surface area (Å²) in [6.45, 7) is 0.772. The van der Waals surface area contributed by atoms with Crippen molar-refractivity contribution in [2.45, 2.75) is 6.54 Å². The number of nitrogens with zero attached hydrogens (tertiary/aromatic N) is 3. The number of hydrogen-bond acceptors (Lipinski definition) is 4. The Kier molecular flexibility index (Phi) is 1.16. The molecule has 0 aliphatic carbocycles. The smallest absolute Gasteiger partial charge is 0.136 e. The molecule has 13 heavy (non-hydrogen) atoms. The van der Waals surface area contributed by atoms with Crippen molar-refractivity contribution in [3.8, 4) is 11.4 Å². The summed E-state index contributed by atoms with van der Waals surface area (Å²) < 4.78 is 0. The van der Waals surface area contributed by atoms with Crippen LogP contribution in [-0.4, -0.2) is 20.2 Å². The van der Waals surface area contributed by atoms with E-state index in [4.69, 9.17) is 0 Å². The predicted molar refractivity (Wildman–Crippen MR) is 46.9 cm³/mol. The normalized spacial score (nSPS) is 12.9. The third kappa shape index (κ3) is 0.837. The number of aromatic amines is 1. The van der Waals surface area contributed by atoms with Crippen LogP contribution in [0.2, 0.25) is 0 Å². The van der Waals surface area contributed by atoms with E-state index in [0.717, 1.165) is 29.3 Å². The molecule has 0 radical (unpaired) electrons. The van der Waals surface area contributed by atoms with Gasteiger partial charge in [0.2, 0.25) is 0 Å². The van der Waals surface area contributed by atoms with Crippen LogP contribution in [0.15, 0.2) is 18.6 Å². The molecule has 2 N–H and O–H groups in total. The zero-order valence-electron chi connectivity index (χ0n) is 6.78. The average molecular weight is 173 g/mol. The van der Waals surface area contributed by atoms with E-state index in [1.54, 1.807) is 12.5 Å². The molecular formula is C8H7N5. The zero-order chi connectivity index (χ0) is 8.67. The number of hydrogen-bond donors (Lipinski definition) is 2. The van der Waals surface area contributed by atoms with Gasteiger partial charge in [0, 0.05) is 0 Å². The first kappa shape index (κ1) is 6.59. The first-order valence-electron chi connectivity index (χ1n) is 4.03. The average Bonchev–Trinajstić information content (AvgIpc) is 2.65. The largest absolute Gasteiger partial charge is 0.377 e. The summed E-state index contributed by atoms with van der Waals surface area (Å²) in [6, 6.07) is 1.90. The van der Waals surface area contributed by atoms with Gasteiger partial charge in [0.15, 0.2) is 0 Å². The summed E-state index contributed by atoms with van der Waals surface area (Å²) in [5, 5.41) is 11.1. The van der Waals surface area contributed by atoms with Gasteiger partial charge in [-0.05, 0) is 6.07 Å². The van der Waals surface area contributed by atoms with Crippen LogP contribution in [0.1, 0.15) is 5.69 Å². The van der Waals surface area contributed by atoms with Crippen LogP contribution in [0, 0.1) is 0 Å². The molecule has 0 bridgehead atoms. The van der Waals surface area contributed by atoms with Gasteiger partial charge >= 0.3 is 0 Å². The van der Waals surface area contributed by atoms with Crippen molar-refractivity contribution in [1.29, 1.82) is 0 Å². The Balaban J connectivity index is 2.30. The molecule has 3 heterocycles. The Bertz CT molecular complexity index is 447. The molecule has 2 aromatic rings. The molecule has 64 valence electrons. The lowest BCUT2D eigenvalue weighted by atomic mass is 10.1. The summed E-state index contributed by atoms with van der Waals surface area (Å²) in [5.41, 5.74) is 3.79. The zero-order valence-corrected chi connectivity index (χ0v) is 6.78. The van der Waals surface area contributed by atoms with Crippen LogP contribution in [0.25, 0.3) is 11.4 Å². The monoisotopic (exact) mass is 173 g/mol. The molecule has 3 rings (SSSR count). The topological polar surface area (TPSA) is 66.5 Å². The Morgan fingerprint density at radius 1 is 1.31 bits per heavy atom. The molecule has 0 fully saturated rings. The van der Waals surface area contributed by atoms with Gasteiger partial charge in [-0.15, -0.1) is 5.10 Å². The van der Waals surface area contributed by atoms with E-state index in [0.29, 0.717) is 0 Å². The number of imidazole rings is 1. The highest BCUT2D eigenvalue weighted by Gasteiger charge is 2.18. The summed E-state index contributed by atoms with van der Waals surface area (Å²) in [7, 11) is 0. The molecule has 0 saturated heterocycles. The minimum absolute atomic E-state index is 0.772. The van der Waals surface area contributed by atoms with Crippen LogP contribution >= 0.6 is 0 Å². The molecular weight excluding hydrogens is 166 g/mol. The lowest BCUT2D eigenvalue weighted by Crippen LogP contribution is -2.09. The number of H-pyrrole nitrogens is 1. The second-order valence-corrected chi connectivity index (χ2v) is 2.88. The Hall–Kier alpha value is -1.91. The maximum absolute atomic E-state index is 4.20. The van der Waals surface area contributed by atoms with Crippen LogP contribution < -0.4 is 5.32 Å². The van der Waals surface area contributed by atoms with Crippen LogP contribution in [0.4, 0.5) is 5.69 Å². The van der Waals surface area contributed by atoms with Crippen molar-refractivity contribution in [3.63, 3.8) is 0 Å². The molecule has 5 heteroatoms. The fourth-order valence-corrected chi connectivity index (χ4v) is 1.49. The third-order valence-corrected chi connectivity index (χ3v) is 2.12. The maximum Gasteiger partial charge on any atom is 0.136 e. The second kappa shape index (κ2) is 2.29. The molecule has 0 atom stereocenters. The van der Waals surface area contributed by atoms with Crippen LogP contribution in [0.5, 0.6) is 0 Å². The number of anilines is 1. The first-order chi connectivity index (χ1) is 6.45. The quantitative estimate of drug-likeness (QED) is 0.618. The van der Waals surface area contributed by atoms with Gasteiger partial charge in [0.05, 0.1) is 30.5 Å². The first-order valence-corrected chi connectivity index (χ1v) is 4.03. The summed E-state index contributed by atoms with van der Waals surface area (Å²) in [4.78, 5) is 7.26. The standard InChI is InChI=1S/C8H7N5/c1-2-12-13-8-5(1)9-3-6-7(8)11-4-10-6/h1-2,4,9H,3H2,(H,10,11). The molecule has 2 aromatic heterocycles. The molecule has 0 amide bonds. The van der Waals surface area contributed by atoms with E-state index in [-0.39, 0.29) is 0 Å². The second-order valence-electron chi connectivity index (χ2n) is 2.88. The van der Waals surface area contributed by atoms with Gasteiger partial charge in [-0.25, -0.2) is 4.98 Å². The van der Waals surface area contributed by atoms with Gasteiger partial charge in [0.25, 0.3) is 0 Å². The van der Waals surface area contributed by atoms with Gasteiger partial charge in [-0.3, -0.25) is 0 Å². The predicted octanol–water partition coefficient (Wildman–Crippen LogP) is 0.792. The Morgan fingerprint density at radius 2 is 2.31 bits per heavy atom. The van der Waals surface area contributed by atoms with Crippen molar-refractivity contribution >= 4 is 5.69 Å². The number of aromatic nitrogens is 4. The van der Waals surface area contributed by atoms with Gasteiger partial charge in [-0.2, -0.15) is 5.10 Å². The lowest BCUT2D eigenvalue weighted by Gasteiger charge is -2.14. The van der Waals surface area contributed by atoms with E-state index in [1.807, 2.05) is 6.07 Å². The van der Waals surface area contributed by atoms with E-state index >= 15 is 0 Å². The van der Waals surface area contributed by atoms with Crippen LogP contribution in [-0.2, 0) is 6.54 Å². The molecule has 1 aliphatic heterocycles. The van der Waals surface area contributed by atoms with Crippen molar-refractivity contribution in [2.75, 3.05) is 5.32 Å². The number of nitrogens with one attached hydrogen (secondary N) is 2. The molecule has 0 saturated carbocycles. The van der Waals surface area contributed by atoms with Gasteiger partial charge < -0.3 is 10.3 Å². The summed E-state index contributed by atoms with van der Waals surface area (Å²) in [6.07, 6.45) is 3.35. The Labute approximate surface area is 74.2 Å². The highest BCUT2D eigenvalue weighted by Crippen LogP contribution is 2.29. The number of rotatable bonds is 0. The molecule has 0 spiro atoms. The minimum Gasteiger partial charge on any atom is -0.377 e.